The maximum absolute atomic E-state index is 11.5. The molecule has 2 aliphatic rings. The molecule has 2 rings (SSSR count). The van der Waals surface area contributed by atoms with E-state index in [0.717, 1.165) is 6.42 Å². The molecule has 102 valence electrons. The minimum absolute atomic E-state index is 0.254. The van der Waals surface area contributed by atoms with Crippen LogP contribution in [0.25, 0.3) is 0 Å². The normalized spacial score (nSPS) is 37.3. The Bertz CT molecular complexity index is 349. The average molecular weight is 256 g/mol. The summed E-state index contributed by atoms with van der Waals surface area (Å²) < 4.78 is 16.7. The van der Waals surface area contributed by atoms with E-state index in [1.807, 2.05) is 6.92 Å². The molecular formula is C13H20O5. The average Bonchev–Trinajstić information content (AvgIpc) is 2.60. The highest BCUT2D eigenvalue weighted by molar-refractivity contribution is 5.69. The molecule has 0 aromatic rings. The van der Waals surface area contributed by atoms with Crippen molar-refractivity contribution in [2.24, 2.45) is 0 Å². The molecule has 1 heterocycles. The van der Waals surface area contributed by atoms with Crippen molar-refractivity contribution >= 4 is 5.97 Å². The highest BCUT2D eigenvalue weighted by Crippen LogP contribution is 2.35. The second-order valence-electron chi connectivity index (χ2n) is 5.14. The molecule has 0 unspecified atom stereocenters. The zero-order valence-electron chi connectivity index (χ0n) is 11.0. The van der Waals surface area contributed by atoms with Crippen molar-refractivity contribution in [3.05, 3.63) is 12.2 Å². The summed E-state index contributed by atoms with van der Waals surface area (Å²) in [4.78, 5) is 11.5. The SMILES string of the molecule is CCCC(=O)O[C@H]1C=C[C@@H](O)[C@@H]2OC(C)(C)O[C@@H]21. The van der Waals surface area contributed by atoms with E-state index in [-0.39, 0.29) is 5.97 Å². The molecule has 1 saturated heterocycles. The summed E-state index contributed by atoms with van der Waals surface area (Å²) >= 11 is 0. The molecule has 1 N–H and O–H groups in total. The van der Waals surface area contributed by atoms with Crippen molar-refractivity contribution in [2.45, 2.75) is 63.8 Å². The summed E-state index contributed by atoms with van der Waals surface area (Å²) in [6.45, 7) is 5.48. The molecule has 5 heteroatoms. The highest BCUT2D eigenvalue weighted by atomic mass is 16.8. The summed E-state index contributed by atoms with van der Waals surface area (Å²) in [5.74, 6) is -1.02. The molecule has 5 nitrogen and oxygen atoms in total. The van der Waals surface area contributed by atoms with Crippen LogP contribution in [0, 0.1) is 0 Å². The van der Waals surface area contributed by atoms with Gasteiger partial charge in [0.1, 0.15) is 24.4 Å². The number of esters is 1. The topological polar surface area (TPSA) is 65.0 Å². The summed E-state index contributed by atoms with van der Waals surface area (Å²) in [7, 11) is 0. The van der Waals surface area contributed by atoms with Crippen molar-refractivity contribution in [3.8, 4) is 0 Å². The zero-order chi connectivity index (χ0) is 13.3. The number of hydrogen-bond acceptors (Lipinski definition) is 5. The minimum atomic E-state index is -0.766. The molecule has 0 saturated carbocycles. The van der Waals surface area contributed by atoms with Crippen LogP contribution in [0.1, 0.15) is 33.6 Å². The van der Waals surface area contributed by atoms with E-state index in [2.05, 4.69) is 0 Å². The van der Waals surface area contributed by atoms with Crippen LogP contribution in [0.4, 0.5) is 0 Å². The summed E-state index contributed by atoms with van der Waals surface area (Å²) in [6, 6.07) is 0. The Morgan fingerprint density at radius 3 is 2.67 bits per heavy atom. The van der Waals surface area contributed by atoms with E-state index in [9.17, 15) is 9.90 Å². The van der Waals surface area contributed by atoms with Gasteiger partial charge in [0, 0.05) is 6.42 Å². The third-order valence-electron chi connectivity index (χ3n) is 3.04. The van der Waals surface area contributed by atoms with Crippen molar-refractivity contribution in [2.75, 3.05) is 0 Å². The first-order chi connectivity index (χ1) is 8.43. The Hall–Kier alpha value is -0.910. The number of carbonyl (C=O) groups is 1. The predicted octanol–water partition coefficient (Wildman–Crippen LogP) is 1.15. The fourth-order valence-electron chi connectivity index (χ4n) is 2.30. The Labute approximate surface area is 107 Å². The molecule has 0 amide bonds. The van der Waals surface area contributed by atoms with Gasteiger partial charge in [-0.2, -0.15) is 0 Å². The maximum Gasteiger partial charge on any atom is 0.306 e. The van der Waals surface area contributed by atoms with E-state index in [4.69, 9.17) is 14.2 Å². The number of ether oxygens (including phenoxy) is 3. The highest BCUT2D eigenvalue weighted by Gasteiger charge is 2.50. The first kappa shape index (κ1) is 13.5. The van der Waals surface area contributed by atoms with Gasteiger partial charge in [-0.05, 0) is 26.3 Å². The number of aliphatic hydroxyl groups excluding tert-OH is 1. The number of rotatable bonds is 3. The van der Waals surface area contributed by atoms with Gasteiger partial charge in [0.25, 0.3) is 0 Å². The molecule has 1 aliphatic heterocycles. The lowest BCUT2D eigenvalue weighted by molar-refractivity contribution is -0.166. The van der Waals surface area contributed by atoms with Gasteiger partial charge >= 0.3 is 5.97 Å². The summed E-state index contributed by atoms with van der Waals surface area (Å²) in [5, 5.41) is 9.83. The van der Waals surface area contributed by atoms with Gasteiger partial charge < -0.3 is 19.3 Å². The van der Waals surface area contributed by atoms with Crippen LogP contribution in [-0.4, -0.2) is 41.3 Å². The van der Waals surface area contributed by atoms with E-state index in [1.165, 1.54) is 0 Å². The Balaban J connectivity index is 2.07. The molecule has 1 fully saturated rings. The van der Waals surface area contributed by atoms with E-state index >= 15 is 0 Å². The largest absolute Gasteiger partial charge is 0.455 e. The number of carbonyl (C=O) groups excluding carboxylic acids is 1. The number of aliphatic hydroxyl groups is 1. The molecule has 0 spiro atoms. The van der Waals surface area contributed by atoms with Crippen LogP contribution in [0.2, 0.25) is 0 Å². The fraction of sp³-hybridized carbons (Fsp3) is 0.769. The van der Waals surface area contributed by atoms with Crippen LogP contribution >= 0.6 is 0 Å². The molecular weight excluding hydrogens is 236 g/mol. The smallest absolute Gasteiger partial charge is 0.306 e. The minimum Gasteiger partial charge on any atom is -0.455 e. The van der Waals surface area contributed by atoms with Crippen LogP contribution in [0.3, 0.4) is 0 Å². The predicted molar refractivity (Wildman–Crippen MR) is 63.8 cm³/mol. The van der Waals surface area contributed by atoms with E-state index in [1.54, 1.807) is 26.0 Å². The first-order valence-corrected chi connectivity index (χ1v) is 6.34. The van der Waals surface area contributed by atoms with Crippen molar-refractivity contribution in [3.63, 3.8) is 0 Å². The third-order valence-corrected chi connectivity index (χ3v) is 3.04. The van der Waals surface area contributed by atoms with Gasteiger partial charge in [-0.1, -0.05) is 13.0 Å². The van der Waals surface area contributed by atoms with Crippen molar-refractivity contribution in [1.82, 2.24) is 0 Å². The second-order valence-corrected chi connectivity index (χ2v) is 5.14. The molecule has 0 aromatic heterocycles. The Kier molecular flexibility index (Phi) is 3.75. The van der Waals surface area contributed by atoms with E-state index < -0.39 is 30.2 Å². The lowest BCUT2D eigenvalue weighted by Gasteiger charge is -2.29. The van der Waals surface area contributed by atoms with Crippen LogP contribution in [-0.2, 0) is 19.0 Å². The van der Waals surface area contributed by atoms with Crippen LogP contribution < -0.4 is 0 Å². The fourth-order valence-corrected chi connectivity index (χ4v) is 2.30. The molecule has 0 aromatic carbocycles. The van der Waals surface area contributed by atoms with Gasteiger partial charge in [-0.3, -0.25) is 4.79 Å². The van der Waals surface area contributed by atoms with E-state index in [0.29, 0.717) is 6.42 Å². The Morgan fingerprint density at radius 1 is 1.33 bits per heavy atom. The first-order valence-electron chi connectivity index (χ1n) is 6.34. The van der Waals surface area contributed by atoms with Crippen LogP contribution in [0.5, 0.6) is 0 Å². The quantitative estimate of drug-likeness (QED) is 0.606. The van der Waals surface area contributed by atoms with Crippen LogP contribution in [0.15, 0.2) is 12.2 Å². The number of hydrogen-bond donors (Lipinski definition) is 1. The molecule has 4 atom stereocenters. The van der Waals surface area contributed by atoms with Crippen molar-refractivity contribution < 1.29 is 24.1 Å². The summed E-state index contributed by atoms with van der Waals surface area (Å²) in [5.41, 5.74) is 0. The lowest BCUT2D eigenvalue weighted by Crippen LogP contribution is -2.46. The maximum atomic E-state index is 11.5. The lowest BCUT2D eigenvalue weighted by atomic mass is 9.96. The third kappa shape index (κ3) is 2.74. The zero-order valence-corrected chi connectivity index (χ0v) is 11.0. The standard InChI is InChI=1S/C13H20O5/c1-4-5-10(15)16-9-7-6-8(14)11-12(9)18-13(2,3)17-11/h6-9,11-12,14H,4-5H2,1-3H3/t8-,9+,11+,12-/m1/s1. The van der Waals surface area contributed by atoms with Gasteiger partial charge in [0.15, 0.2) is 5.79 Å². The van der Waals surface area contributed by atoms with Gasteiger partial charge in [-0.15, -0.1) is 0 Å². The van der Waals surface area contributed by atoms with Crippen molar-refractivity contribution in [1.29, 1.82) is 0 Å². The monoisotopic (exact) mass is 256 g/mol. The molecule has 18 heavy (non-hydrogen) atoms. The second kappa shape index (κ2) is 4.99. The van der Waals surface area contributed by atoms with Gasteiger partial charge in [0.05, 0.1) is 0 Å². The summed E-state index contributed by atoms with van der Waals surface area (Å²) in [6.07, 6.45) is 2.26. The van der Waals surface area contributed by atoms with Gasteiger partial charge in [-0.25, -0.2) is 0 Å². The molecule has 1 aliphatic carbocycles. The molecule has 0 radical (unpaired) electrons. The molecule has 0 bridgehead atoms. The number of fused-ring (bicyclic) bond motifs is 1. The van der Waals surface area contributed by atoms with Gasteiger partial charge in [0.2, 0.25) is 0 Å². The Morgan fingerprint density at radius 2 is 2.00 bits per heavy atom.